The van der Waals surface area contributed by atoms with Crippen molar-refractivity contribution in [1.82, 2.24) is 10.2 Å². The molecule has 0 bridgehead atoms. The Labute approximate surface area is 117 Å². The van der Waals surface area contributed by atoms with E-state index in [4.69, 9.17) is 5.26 Å². The van der Waals surface area contributed by atoms with E-state index in [1.807, 2.05) is 6.07 Å². The monoisotopic (exact) mass is 290 g/mol. The molecule has 0 aliphatic heterocycles. The molecule has 7 heteroatoms. The zero-order chi connectivity index (χ0) is 14.9. The van der Waals surface area contributed by atoms with Crippen LogP contribution in [0.1, 0.15) is 22.5 Å². The van der Waals surface area contributed by atoms with Gasteiger partial charge < -0.3 is 0 Å². The van der Waals surface area contributed by atoms with Crippen LogP contribution >= 0.6 is 0 Å². The number of anilines is 1. The van der Waals surface area contributed by atoms with Gasteiger partial charge in [0.15, 0.2) is 0 Å². The molecule has 0 aliphatic carbocycles. The fraction of sp³-hybridized carbons (Fsp3) is 0.231. The summed E-state index contributed by atoms with van der Waals surface area (Å²) in [6.45, 7) is 5.00. The van der Waals surface area contributed by atoms with Gasteiger partial charge in [-0.1, -0.05) is 12.1 Å². The first-order chi connectivity index (χ1) is 9.36. The number of nitriles is 1. The van der Waals surface area contributed by atoms with Crippen molar-refractivity contribution in [2.24, 2.45) is 0 Å². The second kappa shape index (κ2) is 4.98. The van der Waals surface area contributed by atoms with Gasteiger partial charge in [-0.05, 0) is 32.4 Å². The number of nitrogens with zero attached hydrogens (tertiary/aromatic N) is 2. The average Bonchev–Trinajstić information content (AvgIpc) is 2.69. The van der Waals surface area contributed by atoms with Crippen LogP contribution in [0.15, 0.2) is 23.1 Å². The fourth-order valence-corrected chi connectivity index (χ4v) is 3.48. The first-order valence-electron chi connectivity index (χ1n) is 5.91. The van der Waals surface area contributed by atoms with Gasteiger partial charge in [-0.25, -0.2) is 8.42 Å². The maximum atomic E-state index is 12.4. The number of sulfonamides is 1. The molecule has 1 aromatic heterocycles. The second-order valence-electron chi connectivity index (χ2n) is 4.48. The van der Waals surface area contributed by atoms with Crippen LogP contribution in [0.25, 0.3) is 0 Å². The van der Waals surface area contributed by atoms with Crippen LogP contribution in [0.3, 0.4) is 0 Å². The van der Waals surface area contributed by atoms with Crippen LogP contribution in [-0.2, 0) is 10.0 Å². The van der Waals surface area contributed by atoms with E-state index in [1.54, 1.807) is 39.0 Å². The highest BCUT2D eigenvalue weighted by Crippen LogP contribution is 2.24. The summed E-state index contributed by atoms with van der Waals surface area (Å²) in [5.74, 6) is 0. The molecular formula is C13H14N4O2S. The molecule has 0 spiro atoms. The zero-order valence-electron chi connectivity index (χ0n) is 11.4. The molecule has 2 N–H and O–H groups in total. The molecule has 0 radical (unpaired) electrons. The fourth-order valence-electron chi connectivity index (χ4n) is 2.03. The van der Waals surface area contributed by atoms with E-state index in [2.05, 4.69) is 14.9 Å². The summed E-state index contributed by atoms with van der Waals surface area (Å²) < 4.78 is 27.3. The van der Waals surface area contributed by atoms with Crippen LogP contribution in [0, 0.1) is 32.1 Å². The predicted octanol–water partition coefficient (Wildman–Crippen LogP) is 2.01. The van der Waals surface area contributed by atoms with Crippen molar-refractivity contribution in [1.29, 1.82) is 5.26 Å². The lowest BCUT2D eigenvalue weighted by atomic mass is 10.1. The minimum absolute atomic E-state index is 0.114. The maximum Gasteiger partial charge on any atom is 0.265 e. The minimum atomic E-state index is -3.78. The number of rotatable bonds is 3. The largest absolute Gasteiger partial charge is 0.281 e. The Hall–Kier alpha value is -2.33. The molecular weight excluding hydrogens is 276 g/mol. The van der Waals surface area contributed by atoms with Gasteiger partial charge in [0.25, 0.3) is 10.0 Å². The summed E-state index contributed by atoms with van der Waals surface area (Å²) in [5, 5.41) is 15.6. The number of nitrogens with one attached hydrogen (secondary N) is 2. The molecule has 2 aromatic rings. The Morgan fingerprint density at radius 1 is 1.30 bits per heavy atom. The lowest BCUT2D eigenvalue weighted by molar-refractivity contribution is 0.600. The number of H-pyrrole nitrogens is 1. The summed E-state index contributed by atoms with van der Waals surface area (Å²) in [4.78, 5) is 0.114. The number of benzene rings is 1. The molecule has 0 amide bonds. The quantitative estimate of drug-likeness (QED) is 0.903. The molecule has 0 saturated carbocycles. The molecule has 1 heterocycles. The van der Waals surface area contributed by atoms with E-state index in [1.165, 1.54) is 0 Å². The third kappa shape index (κ3) is 2.38. The average molecular weight is 290 g/mol. The molecule has 1 aromatic carbocycles. The van der Waals surface area contributed by atoms with Crippen molar-refractivity contribution in [2.45, 2.75) is 25.7 Å². The van der Waals surface area contributed by atoms with Crippen LogP contribution < -0.4 is 4.72 Å². The molecule has 0 atom stereocenters. The molecule has 104 valence electrons. The van der Waals surface area contributed by atoms with Crippen LogP contribution in [0.5, 0.6) is 0 Å². The first-order valence-corrected chi connectivity index (χ1v) is 7.39. The van der Waals surface area contributed by atoms with Crippen molar-refractivity contribution in [3.05, 3.63) is 40.7 Å². The van der Waals surface area contributed by atoms with Gasteiger partial charge in [0.2, 0.25) is 0 Å². The number of aromatic amines is 1. The summed E-state index contributed by atoms with van der Waals surface area (Å²) in [6.07, 6.45) is 0. The number of aromatic nitrogens is 2. The zero-order valence-corrected chi connectivity index (χ0v) is 12.2. The topological polar surface area (TPSA) is 98.6 Å². The second-order valence-corrected chi connectivity index (χ2v) is 6.10. The normalized spacial score (nSPS) is 11.1. The molecule has 0 unspecified atom stereocenters. The number of aryl methyl sites for hydroxylation is 3. The predicted molar refractivity (Wildman–Crippen MR) is 74.8 cm³/mol. The van der Waals surface area contributed by atoms with Crippen molar-refractivity contribution >= 4 is 15.7 Å². The maximum absolute atomic E-state index is 12.4. The Bertz CT molecular complexity index is 781. The van der Waals surface area contributed by atoms with E-state index in [0.29, 0.717) is 22.5 Å². The molecule has 0 aliphatic rings. The third-order valence-electron chi connectivity index (χ3n) is 2.96. The van der Waals surface area contributed by atoms with E-state index in [-0.39, 0.29) is 10.6 Å². The highest BCUT2D eigenvalue weighted by molar-refractivity contribution is 7.92. The van der Waals surface area contributed by atoms with Gasteiger partial charge in [-0.15, -0.1) is 0 Å². The van der Waals surface area contributed by atoms with Crippen LogP contribution in [0.2, 0.25) is 0 Å². The van der Waals surface area contributed by atoms with Gasteiger partial charge in [-0.3, -0.25) is 9.82 Å². The molecule has 0 saturated heterocycles. The van der Waals surface area contributed by atoms with Crippen LogP contribution in [0.4, 0.5) is 5.69 Å². The van der Waals surface area contributed by atoms with E-state index in [9.17, 15) is 8.42 Å². The standard InChI is InChI=1S/C13H14N4O2S/c1-8-5-4-6-12(11(8)7-14)17-20(18,19)13-9(2)15-16-10(13)3/h4-6,17H,1-3H3,(H,15,16). The van der Waals surface area contributed by atoms with Crippen molar-refractivity contribution < 1.29 is 8.42 Å². The molecule has 0 fully saturated rings. The SMILES string of the molecule is Cc1cccc(NS(=O)(=O)c2c(C)n[nH]c2C)c1C#N. The van der Waals surface area contributed by atoms with Crippen molar-refractivity contribution in [3.8, 4) is 6.07 Å². The number of hydrogen-bond acceptors (Lipinski definition) is 4. The van der Waals surface area contributed by atoms with Gasteiger partial charge in [0.05, 0.1) is 22.6 Å². The Morgan fingerprint density at radius 2 is 2.00 bits per heavy atom. The van der Waals surface area contributed by atoms with Gasteiger partial charge >= 0.3 is 0 Å². The molecule has 20 heavy (non-hydrogen) atoms. The lowest BCUT2D eigenvalue weighted by Crippen LogP contribution is -2.15. The lowest BCUT2D eigenvalue weighted by Gasteiger charge is -2.10. The number of hydrogen-bond donors (Lipinski definition) is 2. The van der Waals surface area contributed by atoms with Crippen molar-refractivity contribution in [2.75, 3.05) is 4.72 Å². The Kier molecular flexibility index (Phi) is 3.51. The van der Waals surface area contributed by atoms with Gasteiger partial charge in [0, 0.05) is 0 Å². The van der Waals surface area contributed by atoms with Crippen molar-refractivity contribution in [3.63, 3.8) is 0 Å². The first kappa shape index (κ1) is 14.1. The summed E-state index contributed by atoms with van der Waals surface area (Å²) in [7, 11) is -3.78. The smallest absolute Gasteiger partial charge is 0.265 e. The van der Waals surface area contributed by atoms with E-state index < -0.39 is 10.0 Å². The Morgan fingerprint density at radius 3 is 2.55 bits per heavy atom. The minimum Gasteiger partial charge on any atom is -0.281 e. The summed E-state index contributed by atoms with van der Waals surface area (Å²) in [6, 6.07) is 7.03. The van der Waals surface area contributed by atoms with E-state index >= 15 is 0 Å². The summed E-state index contributed by atoms with van der Waals surface area (Å²) in [5.41, 5.74) is 2.15. The molecule has 2 rings (SSSR count). The summed E-state index contributed by atoms with van der Waals surface area (Å²) >= 11 is 0. The highest BCUT2D eigenvalue weighted by Gasteiger charge is 2.23. The highest BCUT2D eigenvalue weighted by atomic mass is 32.2. The Balaban J connectivity index is 2.50. The van der Waals surface area contributed by atoms with E-state index in [0.717, 1.165) is 0 Å². The molecule has 6 nitrogen and oxygen atoms in total. The van der Waals surface area contributed by atoms with Crippen LogP contribution in [-0.4, -0.2) is 18.6 Å². The third-order valence-corrected chi connectivity index (χ3v) is 4.59. The van der Waals surface area contributed by atoms with Gasteiger partial charge in [0.1, 0.15) is 11.0 Å². The van der Waals surface area contributed by atoms with Gasteiger partial charge in [-0.2, -0.15) is 10.4 Å².